The molecule has 2 aromatic rings. The first-order valence-electron chi connectivity index (χ1n) is 4.54. The van der Waals surface area contributed by atoms with Gasteiger partial charge in [-0.15, -0.1) is 0 Å². The highest BCUT2D eigenvalue weighted by atomic mass is 79.9. The third-order valence-electron chi connectivity index (χ3n) is 1.92. The van der Waals surface area contributed by atoms with Gasteiger partial charge in [0.1, 0.15) is 5.82 Å². The smallest absolute Gasteiger partial charge is 0.227 e. The number of halogens is 2. The third kappa shape index (κ3) is 2.90. The van der Waals surface area contributed by atoms with E-state index in [1.165, 1.54) is 0 Å². The van der Waals surface area contributed by atoms with Crippen molar-refractivity contribution in [2.75, 3.05) is 5.73 Å². The number of benzene rings is 1. The molecule has 1 aromatic heterocycles. The second-order valence-corrected chi connectivity index (χ2v) is 4.44. The molecule has 0 atom stereocenters. The summed E-state index contributed by atoms with van der Waals surface area (Å²) in [6.45, 7) is 0. The topological polar surface area (TPSA) is 64.7 Å². The Bertz CT molecular complexity index is 498. The fourth-order valence-corrected chi connectivity index (χ4v) is 1.95. The average Bonchev–Trinajstić information content (AvgIpc) is 2.15. The van der Waals surface area contributed by atoms with Gasteiger partial charge in [0.15, 0.2) is 0 Å². The first kappa shape index (κ1) is 11.3. The van der Waals surface area contributed by atoms with Crippen LogP contribution < -0.4 is 5.73 Å². The second kappa shape index (κ2) is 4.76. The van der Waals surface area contributed by atoms with Crippen LogP contribution in [0.15, 0.2) is 28.7 Å². The maximum atomic E-state index is 5.70. The number of nitrogens with two attached hydrogens (primary N) is 1. The summed E-state index contributed by atoms with van der Waals surface area (Å²) in [5, 5.41) is 0.123. The van der Waals surface area contributed by atoms with E-state index >= 15 is 0 Å². The third-order valence-corrected chi connectivity index (χ3v) is 2.59. The molecule has 0 aliphatic heterocycles. The van der Waals surface area contributed by atoms with E-state index < -0.39 is 0 Å². The molecule has 16 heavy (non-hydrogen) atoms. The summed E-state index contributed by atoms with van der Waals surface area (Å²) >= 11 is 9.10. The molecule has 0 radical (unpaired) electrons. The van der Waals surface area contributed by atoms with Gasteiger partial charge in [-0.1, -0.05) is 28.1 Å². The predicted molar refractivity (Wildman–Crippen MR) is 66.2 cm³/mol. The summed E-state index contributed by atoms with van der Waals surface area (Å²) in [6, 6.07) is 7.89. The van der Waals surface area contributed by atoms with Crippen LogP contribution in [-0.4, -0.2) is 15.0 Å². The molecule has 0 aliphatic rings. The van der Waals surface area contributed by atoms with Gasteiger partial charge in [-0.3, -0.25) is 0 Å². The lowest BCUT2D eigenvalue weighted by molar-refractivity contribution is 0.929. The van der Waals surface area contributed by atoms with Crippen LogP contribution in [-0.2, 0) is 6.42 Å². The summed E-state index contributed by atoms with van der Waals surface area (Å²) in [7, 11) is 0. The molecular weight excluding hydrogens is 291 g/mol. The maximum Gasteiger partial charge on any atom is 0.227 e. The molecule has 2 rings (SSSR count). The Morgan fingerprint density at radius 3 is 2.75 bits per heavy atom. The Hall–Kier alpha value is -1.20. The highest BCUT2D eigenvalue weighted by Crippen LogP contribution is 2.14. The van der Waals surface area contributed by atoms with E-state index in [0.717, 1.165) is 10.0 Å². The molecule has 0 saturated heterocycles. The molecule has 6 heteroatoms. The van der Waals surface area contributed by atoms with E-state index in [1.807, 2.05) is 24.3 Å². The standard InChI is InChI=1S/C10H8BrClN4/c11-7-3-1-2-6(4-7)5-8-14-9(12)16-10(13)15-8/h1-4H,5H2,(H2,13,14,15,16). The van der Waals surface area contributed by atoms with Gasteiger partial charge in [-0.05, 0) is 29.3 Å². The van der Waals surface area contributed by atoms with Crippen molar-refractivity contribution in [2.45, 2.75) is 6.42 Å². The fraction of sp³-hybridized carbons (Fsp3) is 0.100. The van der Waals surface area contributed by atoms with E-state index in [4.69, 9.17) is 17.3 Å². The van der Waals surface area contributed by atoms with Crippen LogP contribution in [0, 0.1) is 0 Å². The van der Waals surface area contributed by atoms with Crippen LogP contribution in [0.2, 0.25) is 5.28 Å². The Morgan fingerprint density at radius 2 is 2.06 bits per heavy atom. The summed E-state index contributed by atoms with van der Waals surface area (Å²) in [4.78, 5) is 11.7. The van der Waals surface area contributed by atoms with Crippen LogP contribution >= 0.6 is 27.5 Å². The normalized spacial score (nSPS) is 10.4. The fourth-order valence-electron chi connectivity index (χ4n) is 1.32. The molecule has 0 spiro atoms. The van der Waals surface area contributed by atoms with Crippen molar-refractivity contribution in [2.24, 2.45) is 0 Å². The molecule has 4 nitrogen and oxygen atoms in total. The van der Waals surface area contributed by atoms with Crippen molar-refractivity contribution in [1.82, 2.24) is 15.0 Å². The summed E-state index contributed by atoms with van der Waals surface area (Å²) in [6.07, 6.45) is 0.575. The SMILES string of the molecule is Nc1nc(Cl)nc(Cc2cccc(Br)c2)n1. The van der Waals surface area contributed by atoms with Gasteiger partial charge in [0.2, 0.25) is 11.2 Å². The van der Waals surface area contributed by atoms with Gasteiger partial charge in [-0.25, -0.2) is 4.98 Å². The number of nitrogen functional groups attached to an aromatic ring is 1. The minimum atomic E-state index is 0.123. The van der Waals surface area contributed by atoms with Crippen LogP contribution in [0.1, 0.15) is 11.4 Å². The molecule has 1 aromatic carbocycles. The highest BCUT2D eigenvalue weighted by Gasteiger charge is 2.04. The monoisotopic (exact) mass is 298 g/mol. The van der Waals surface area contributed by atoms with Crippen molar-refractivity contribution in [3.8, 4) is 0 Å². The van der Waals surface area contributed by atoms with Gasteiger partial charge in [-0.2, -0.15) is 9.97 Å². The Balaban J connectivity index is 2.27. The Kier molecular flexibility index (Phi) is 3.36. The van der Waals surface area contributed by atoms with Crippen molar-refractivity contribution in [1.29, 1.82) is 0 Å². The molecule has 82 valence electrons. The minimum Gasteiger partial charge on any atom is -0.368 e. The van der Waals surface area contributed by atoms with Gasteiger partial charge < -0.3 is 5.73 Å². The lowest BCUT2D eigenvalue weighted by atomic mass is 10.1. The molecule has 2 N–H and O–H groups in total. The van der Waals surface area contributed by atoms with Crippen molar-refractivity contribution < 1.29 is 0 Å². The molecule has 0 aliphatic carbocycles. The predicted octanol–water partition coefficient (Wildman–Crippen LogP) is 2.46. The zero-order valence-electron chi connectivity index (χ0n) is 8.19. The zero-order chi connectivity index (χ0) is 11.5. The second-order valence-electron chi connectivity index (χ2n) is 3.19. The van der Waals surface area contributed by atoms with E-state index in [-0.39, 0.29) is 11.2 Å². The summed E-state index contributed by atoms with van der Waals surface area (Å²) in [5.41, 5.74) is 6.57. The van der Waals surface area contributed by atoms with Gasteiger partial charge in [0, 0.05) is 10.9 Å². The number of rotatable bonds is 2. The highest BCUT2D eigenvalue weighted by molar-refractivity contribution is 9.10. The zero-order valence-corrected chi connectivity index (χ0v) is 10.5. The van der Waals surface area contributed by atoms with E-state index in [0.29, 0.717) is 12.2 Å². The largest absolute Gasteiger partial charge is 0.368 e. The summed E-state index contributed by atoms with van der Waals surface area (Å²) in [5.74, 6) is 0.709. The van der Waals surface area contributed by atoms with E-state index in [9.17, 15) is 0 Å². The van der Waals surface area contributed by atoms with Crippen molar-refractivity contribution in [3.63, 3.8) is 0 Å². The number of anilines is 1. The van der Waals surface area contributed by atoms with Gasteiger partial charge >= 0.3 is 0 Å². The lowest BCUT2D eigenvalue weighted by Crippen LogP contribution is -2.03. The van der Waals surface area contributed by atoms with Crippen LogP contribution in [0.25, 0.3) is 0 Å². The number of nitrogens with zero attached hydrogens (tertiary/aromatic N) is 3. The first-order valence-corrected chi connectivity index (χ1v) is 5.71. The van der Waals surface area contributed by atoms with Gasteiger partial charge in [0.05, 0.1) is 0 Å². The van der Waals surface area contributed by atoms with Crippen molar-refractivity contribution >= 4 is 33.5 Å². The first-order chi connectivity index (χ1) is 7.63. The molecule has 0 bridgehead atoms. The van der Waals surface area contributed by atoms with Crippen LogP contribution in [0.4, 0.5) is 5.95 Å². The number of aromatic nitrogens is 3. The maximum absolute atomic E-state index is 5.70. The minimum absolute atomic E-state index is 0.123. The van der Waals surface area contributed by atoms with E-state index in [1.54, 1.807) is 0 Å². The molecular formula is C10H8BrClN4. The average molecular weight is 300 g/mol. The van der Waals surface area contributed by atoms with Crippen molar-refractivity contribution in [3.05, 3.63) is 45.4 Å². The molecule has 1 heterocycles. The van der Waals surface area contributed by atoms with Crippen LogP contribution in [0.5, 0.6) is 0 Å². The molecule has 0 unspecified atom stereocenters. The summed E-state index contributed by atoms with van der Waals surface area (Å²) < 4.78 is 1.01. The number of hydrogen-bond acceptors (Lipinski definition) is 4. The molecule has 0 fully saturated rings. The molecule has 0 saturated carbocycles. The van der Waals surface area contributed by atoms with E-state index in [2.05, 4.69) is 30.9 Å². The Labute approximate surface area is 106 Å². The van der Waals surface area contributed by atoms with Crippen LogP contribution in [0.3, 0.4) is 0 Å². The Morgan fingerprint density at radius 1 is 1.25 bits per heavy atom. The lowest BCUT2D eigenvalue weighted by Gasteiger charge is -2.02. The number of hydrogen-bond donors (Lipinski definition) is 1. The molecule has 0 amide bonds. The van der Waals surface area contributed by atoms with Gasteiger partial charge in [0.25, 0.3) is 0 Å². The quantitative estimate of drug-likeness (QED) is 0.925.